The molecule has 0 aliphatic carbocycles. The van der Waals surface area contributed by atoms with Crippen LogP contribution in [0.25, 0.3) is 10.9 Å². The summed E-state index contributed by atoms with van der Waals surface area (Å²) in [5.41, 5.74) is 3.83. The van der Waals surface area contributed by atoms with Crippen molar-refractivity contribution < 1.29 is 14.7 Å². The van der Waals surface area contributed by atoms with Gasteiger partial charge in [0.25, 0.3) is 5.91 Å². The van der Waals surface area contributed by atoms with Crippen molar-refractivity contribution in [3.8, 4) is 5.88 Å². The Kier molecular flexibility index (Phi) is 5.54. The normalized spacial score (nSPS) is 11.2. The van der Waals surface area contributed by atoms with E-state index in [0.29, 0.717) is 5.39 Å². The predicted octanol–water partition coefficient (Wildman–Crippen LogP) is 4.53. The summed E-state index contributed by atoms with van der Waals surface area (Å²) in [7, 11) is 1.70. The molecule has 1 aromatic heterocycles. The molecule has 0 bridgehead atoms. The number of para-hydroxylation sites is 1. The zero-order chi connectivity index (χ0) is 20.3. The highest BCUT2D eigenvalue weighted by molar-refractivity contribution is 5.96. The Labute approximate surface area is 162 Å². The van der Waals surface area contributed by atoms with Crippen molar-refractivity contribution in [3.63, 3.8) is 0 Å². The molecule has 0 saturated carbocycles. The first-order valence-electron chi connectivity index (χ1n) is 8.95. The monoisotopic (exact) mass is 378 g/mol. The third kappa shape index (κ3) is 4.09. The molecule has 0 saturated heterocycles. The van der Waals surface area contributed by atoms with E-state index in [2.05, 4.69) is 15.5 Å². The first-order valence-corrected chi connectivity index (χ1v) is 8.95. The van der Waals surface area contributed by atoms with Crippen LogP contribution in [0, 0.1) is 13.8 Å². The molecule has 3 aromatic rings. The Bertz CT molecular complexity index is 1080. The fourth-order valence-electron chi connectivity index (χ4n) is 3.00. The zero-order valence-corrected chi connectivity index (χ0v) is 16.1. The number of azo groups is 1. The molecule has 0 unspecified atom stereocenters. The number of aromatic nitrogens is 1. The van der Waals surface area contributed by atoms with Crippen molar-refractivity contribution in [2.75, 3.05) is 5.32 Å². The Hall–Kier alpha value is -3.48. The van der Waals surface area contributed by atoms with Crippen molar-refractivity contribution >= 4 is 34.1 Å². The van der Waals surface area contributed by atoms with E-state index in [0.717, 1.165) is 22.3 Å². The van der Waals surface area contributed by atoms with Crippen LogP contribution in [0.5, 0.6) is 5.88 Å². The quantitative estimate of drug-likeness (QED) is 0.638. The van der Waals surface area contributed by atoms with Gasteiger partial charge >= 0.3 is 0 Å². The molecule has 0 fully saturated rings. The highest BCUT2D eigenvalue weighted by Crippen LogP contribution is 2.37. The molecule has 0 aliphatic heterocycles. The Balaban J connectivity index is 1.62. The van der Waals surface area contributed by atoms with Gasteiger partial charge in [0.15, 0.2) is 5.69 Å². The molecule has 28 heavy (non-hydrogen) atoms. The lowest BCUT2D eigenvalue weighted by Crippen LogP contribution is -2.13. The van der Waals surface area contributed by atoms with E-state index in [-0.39, 0.29) is 30.3 Å². The highest BCUT2D eigenvalue weighted by Gasteiger charge is 2.14. The van der Waals surface area contributed by atoms with E-state index in [4.69, 9.17) is 0 Å². The molecule has 0 atom stereocenters. The second kappa shape index (κ2) is 8.04. The summed E-state index contributed by atoms with van der Waals surface area (Å²) in [4.78, 5) is 24.1. The van der Waals surface area contributed by atoms with Gasteiger partial charge in [0.1, 0.15) is 0 Å². The van der Waals surface area contributed by atoms with E-state index in [1.54, 1.807) is 17.7 Å². The topological polar surface area (TPSA) is 96.1 Å². The maximum atomic E-state index is 12.1. The molecular formula is C21H22N4O3. The summed E-state index contributed by atoms with van der Waals surface area (Å²) in [5.74, 6) is -0.850. The van der Waals surface area contributed by atoms with E-state index < -0.39 is 5.91 Å². The Morgan fingerprint density at radius 1 is 1.11 bits per heavy atom. The van der Waals surface area contributed by atoms with Crippen LogP contribution in [0.15, 0.2) is 52.7 Å². The number of fused-ring (bicyclic) bond motifs is 1. The van der Waals surface area contributed by atoms with E-state index >= 15 is 0 Å². The van der Waals surface area contributed by atoms with Gasteiger partial charge in [-0.05, 0) is 31.5 Å². The third-order valence-electron chi connectivity index (χ3n) is 4.53. The lowest BCUT2D eigenvalue weighted by molar-refractivity contribution is -0.122. The number of benzene rings is 2. The average molecular weight is 378 g/mol. The second-order valence-corrected chi connectivity index (χ2v) is 6.71. The van der Waals surface area contributed by atoms with Crippen LogP contribution in [0.3, 0.4) is 0 Å². The maximum Gasteiger partial charge on any atom is 0.265 e. The second-order valence-electron chi connectivity index (χ2n) is 6.71. The van der Waals surface area contributed by atoms with Gasteiger partial charge in [0, 0.05) is 31.0 Å². The number of nitrogens with one attached hydrogen (secondary N) is 1. The molecule has 1 heterocycles. The molecule has 7 nitrogen and oxygen atoms in total. The molecule has 7 heteroatoms. The molecule has 2 N–H and O–H groups in total. The van der Waals surface area contributed by atoms with Gasteiger partial charge < -0.3 is 15.0 Å². The fourth-order valence-corrected chi connectivity index (χ4v) is 3.00. The molecule has 3 rings (SSSR count). The number of carbonyl (C=O) groups excluding carboxylic acids is 2. The van der Waals surface area contributed by atoms with Gasteiger partial charge in [-0.2, -0.15) is 0 Å². The number of nitrogens with zero attached hydrogens (tertiary/aromatic N) is 3. The van der Waals surface area contributed by atoms with Crippen molar-refractivity contribution in [1.29, 1.82) is 0 Å². The van der Waals surface area contributed by atoms with Crippen molar-refractivity contribution in [2.45, 2.75) is 26.7 Å². The first kappa shape index (κ1) is 19.3. The van der Waals surface area contributed by atoms with Crippen LogP contribution in [0.2, 0.25) is 0 Å². The maximum absolute atomic E-state index is 12.1. The van der Waals surface area contributed by atoms with Gasteiger partial charge in [0.05, 0.1) is 5.52 Å². The van der Waals surface area contributed by atoms with Crippen LogP contribution >= 0.6 is 0 Å². The van der Waals surface area contributed by atoms with Crippen molar-refractivity contribution in [1.82, 2.24) is 4.57 Å². The molecule has 0 spiro atoms. The summed E-state index contributed by atoms with van der Waals surface area (Å²) in [6, 6.07) is 13.0. The SMILES string of the molecule is Cc1ccc(NC(=O)CCC(=O)N=Nc2c(O)n(C)c3ccccc23)c(C)c1. The number of aromatic hydroxyl groups is 1. The van der Waals surface area contributed by atoms with Crippen molar-refractivity contribution in [3.05, 3.63) is 53.6 Å². The minimum atomic E-state index is -0.525. The number of anilines is 1. The van der Waals surface area contributed by atoms with E-state index in [1.165, 1.54) is 0 Å². The first-order chi connectivity index (χ1) is 13.4. The van der Waals surface area contributed by atoms with Crippen LogP contribution in [-0.4, -0.2) is 21.5 Å². The zero-order valence-electron chi connectivity index (χ0n) is 16.1. The minimum absolute atomic E-state index is 0.00664. The van der Waals surface area contributed by atoms with Crippen LogP contribution in [0.1, 0.15) is 24.0 Å². The van der Waals surface area contributed by atoms with E-state index in [1.807, 2.05) is 50.2 Å². The molecule has 144 valence electrons. The van der Waals surface area contributed by atoms with Crippen LogP contribution < -0.4 is 5.32 Å². The summed E-state index contributed by atoms with van der Waals surface area (Å²) in [5, 5.41) is 21.3. The lowest BCUT2D eigenvalue weighted by Gasteiger charge is -2.08. The van der Waals surface area contributed by atoms with Gasteiger partial charge in [-0.3, -0.25) is 9.59 Å². The number of hydrogen-bond acceptors (Lipinski definition) is 4. The van der Waals surface area contributed by atoms with Gasteiger partial charge in [-0.25, -0.2) is 0 Å². The smallest absolute Gasteiger partial charge is 0.265 e. The number of aryl methyl sites for hydroxylation is 3. The van der Waals surface area contributed by atoms with Gasteiger partial charge in [-0.1, -0.05) is 35.9 Å². The average Bonchev–Trinajstić information content (AvgIpc) is 2.91. The largest absolute Gasteiger partial charge is 0.493 e. The summed E-state index contributed by atoms with van der Waals surface area (Å²) >= 11 is 0. The predicted molar refractivity (Wildman–Crippen MR) is 108 cm³/mol. The van der Waals surface area contributed by atoms with Crippen LogP contribution in [-0.2, 0) is 16.6 Å². The Morgan fingerprint density at radius 2 is 1.86 bits per heavy atom. The minimum Gasteiger partial charge on any atom is -0.493 e. The summed E-state index contributed by atoms with van der Waals surface area (Å²) < 4.78 is 1.57. The van der Waals surface area contributed by atoms with E-state index in [9.17, 15) is 14.7 Å². The number of hydrogen-bond donors (Lipinski definition) is 2. The molecule has 0 radical (unpaired) electrons. The van der Waals surface area contributed by atoms with Crippen molar-refractivity contribution in [2.24, 2.45) is 17.3 Å². The molecule has 2 amide bonds. The lowest BCUT2D eigenvalue weighted by atomic mass is 10.1. The van der Waals surface area contributed by atoms with Gasteiger partial charge in [-0.15, -0.1) is 10.2 Å². The third-order valence-corrected chi connectivity index (χ3v) is 4.53. The molecule has 0 aliphatic rings. The molecule has 2 aromatic carbocycles. The number of carbonyl (C=O) groups is 2. The van der Waals surface area contributed by atoms with Crippen LogP contribution in [0.4, 0.5) is 11.4 Å². The fraction of sp³-hybridized carbons (Fsp3) is 0.238. The number of amides is 2. The Morgan fingerprint density at radius 3 is 2.61 bits per heavy atom. The summed E-state index contributed by atoms with van der Waals surface area (Å²) in [6.07, 6.45) is -0.0571. The molecular weight excluding hydrogens is 356 g/mol. The summed E-state index contributed by atoms with van der Waals surface area (Å²) in [6.45, 7) is 3.90. The van der Waals surface area contributed by atoms with Gasteiger partial charge in [0.2, 0.25) is 11.8 Å². The highest BCUT2D eigenvalue weighted by atomic mass is 16.3. The number of rotatable bonds is 5. The standard InChI is InChI=1S/C21H22N4O3/c1-13-8-9-16(14(2)12-13)22-18(26)10-11-19(27)23-24-20-15-6-4-5-7-17(15)25(3)21(20)28/h4-9,12,28H,10-11H2,1-3H3,(H,22,26).